The zero-order valence-corrected chi connectivity index (χ0v) is 14.0. The van der Waals surface area contributed by atoms with Crippen molar-refractivity contribution in [2.45, 2.75) is 72.3 Å². The third-order valence-electron chi connectivity index (χ3n) is 4.49. The van der Waals surface area contributed by atoms with E-state index in [9.17, 15) is 0 Å². The zero-order valence-electron chi connectivity index (χ0n) is 14.0. The second-order valence-corrected chi connectivity index (χ2v) is 7.52. The van der Waals surface area contributed by atoms with Gasteiger partial charge in [0.15, 0.2) is 0 Å². The summed E-state index contributed by atoms with van der Waals surface area (Å²) in [6.45, 7) is 12.9. The van der Waals surface area contributed by atoms with Crippen LogP contribution in [0.1, 0.15) is 66.2 Å². The minimum atomic E-state index is 0.536. The molecule has 1 N–H and O–H groups in total. The molecular weight excluding hydrogens is 232 g/mol. The van der Waals surface area contributed by atoms with Crippen LogP contribution in [-0.2, 0) is 0 Å². The molecule has 1 saturated carbocycles. The summed E-state index contributed by atoms with van der Waals surface area (Å²) >= 11 is 0. The van der Waals surface area contributed by atoms with E-state index in [1.807, 2.05) is 0 Å². The fourth-order valence-electron chi connectivity index (χ4n) is 3.24. The fraction of sp³-hybridized carbons (Fsp3) is 1.00. The molecule has 0 spiro atoms. The average Bonchev–Trinajstić information content (AvgIpc) is 2.35. The quantitative estimate of drug-likeness (QED) is 0.718. The summed E-state index contributed by atoms with van der Waals surface area (Å²) in [7, 11) is 2.31. The number of rotatable bonds is 8. The maximum Gasteiger partial charge on any atom is 0.00471 e. The number of hydrogen-bond donors (Lipinski definition) is 1. The Labute approximate surface area is 121 Å². The van der Waals surface area contributed by atoms with Crippen LogP contribution in [-0.4, -0.2) is 37.6 Å². The van der Waals surface area contributed by atoms with Crippen LogP contribution in [0.25, 0.3) is 0 Å². The highest BCUT2D eigenvalue weighted by molar-refractivity contribution is 4.87. The van der Waals surface area contributed by atoms with Crippen LogP contribution in [0.2, 0.25) is 0 Å². The summed E-state index contributed by atoms with van der Waals surface area (Å²) in [6.07, 6.45) is 8.45. The van der Waals surface area contributed by atoms with Crippen LogP contribution in [0.5, 0.6) is 0 Å². The molecule has 1 rings (SSSR count). The van der Waals surface area contributed by atoms with Crippen LogP contribution in [0.3, 0.4) is 0 Å². The van der Waals surface area contributed by atoms with Crippen molar-refractivity contribution in [1.29, 1.82) is 0 Å². The van der Waals surface area contributed by atoms with Gasteiger partial charge in [-0.05, 0) is 44.2 Å². The molecule has 0 unspecified atom stereocenters. The summed E-state index contributed by atoms with van der Waals surface area (Å²) in [4.78, 5) is 2.58. The summed E-state index contributed by atoms with van der Waals surface area (Å²) in [5.41, 5.74) is 0.536. The lowest BCUT2D eigenvalue weighted by Gasteiger charge is -2.41. The van der Waals surface area contributed by atoms with Crippen molar-refractivity contribution < 1.29 is 0 Å². The van der Waals surface area contributed by atoms with E-state index in [0.29, 0.717) is 11.5 Å². The van der Waals surface area contributed by atoms with E-state index in [2.05, 4.69) is 45.0 Å². The first-order valence-electron chi connectivity index (χ1n) is 8.35. The number of nitrogens with zero attached hydrogens (tertiary/aromatic N) is 1. The van der Waals surface area contributed by atoms with Crippen LogP contribution in [0, 0.1) is 11.3 Å². The van der Waals surface area contributed by atoms with Crippen LogP contribution in [0.4, 0.5) is 0 Å². The lowest BCUT2D eigenvalue weighted by Crippen LogP contribution is -2.46. The van der Waals surface area contributed by atoms with E-state index in [0.717, 1.165) is 5.92 Å². The Balaban J connectivity index is 2.48. The van der Waals surface area contributed by atoms with Crippen molar-refractivity contribution >= 4 is 0 Å². The van der Waals surface area contributed by atoms with Gasteiger partial charge in [-0.15, -0.1) is 0 Å². The lowest BCUT2D eigenvalue weighted by atomic mass is 9.73. The van der Waals surface area contributed by atoms with Gasteiger partial charge in [0.05, 0.1) is 0 Å². The highest BCUT2D eigenvalue weighted by Crippen LogP contribution is 2.36. The molecule has 0 amide bonds. The lowest BCUT2D eigenvalue weighted by molar-refractivity contribution is 0.112. The molecule has 2 nitrogen and oxygen atoms in total. The standard InChI is InChI=1S/C17H36N2/c1-15(2)9-12-19(5)14-17(13-18-16(3)4)10-7-6-8-11-17/h15-16,18H,6-14H2,1-5H3. The van der Waals surface area contributed by atoms with Crippen molar-refractivity contribution in [2.75, 3.05) is 26.7 Å². The van der Waals surface area contributed by atoms with Gasteiger partial charge in [0.1, 0.15) is 0 Å². The van der Waals surface area contributed by atoms with Gasteiger partial charge in [0, 0.05) is 19.1 Å². The maximum atomic E-state index is 3.70. The van der Waals surface area contributed by atoms with E-state index < -0.39 is 0 Å². The summed E-state index contributed by atoms with van der Waals surface area (Å²) in [6, 6.07) is 0.611. The van der Waals surface area contributed by atoms with Crippen molar-refractivity contribution in [3.05, 3.63) is 0 Å². The van der Waals surface area contributed by atoms with E-state index in [4.69, 9.17) is 0 Å². The number of nitrogens with one attached hydrogen (secondary N) is 1. The largest absolute Gasteiger partial charge is 0.314 e. The van der Waals surface area contributed by atoms with Crippen LogP contribution in [0.15, 0.2) is 0 Å². The topological polar surface area (TPSA) is 15.3 Å². The molecule has 114 valence electrons. The molecule has 0 aromatic carbocycles. The SMILES string of the molecule is CC(C)CCN(C)CC1(CNC(C)C)CCCCC1. The molecule has 0 atom stereocenters. The Bertz CT molecular complexity index is 229. The maximum absolute atomic E-state index is 3.70. The Hall–Kier alpha value is -0.0800. The molecule has 1 aliphatic rings. The number of hydrogen-bond acceptors (Lipinski definition) is 2. The highest BCUT2D eigenvalue weighted by Gasteiger charge is 2.32. The van der Waals surface area contributed by atoms with E-state index >= 15 is 0 Å². The van der Waals surface area contributed by atoms with Crippen molar-refractivity contribution in [2.24, 2.45) is 11.3 Å². The van der Waals surface area contributed by atoms with Gasteiger partial charge in [-0.3, -0.25) is 0 Å². The minimum absolute atomic E-state index is 0.536. The molecule has 0 radical (unpaired) electrons. The molecule has 0 bridgehead atoms. The molecule has 0 aromatic heterocycles. The van der Waals surface area contributed by atoms with Crippen molar-refractivity contribution in [1.82, 2.24) is 10.2 Å². The van der Waals surface area contributed by atoms with Gasteiger partial charge in [-0.25, -0.2) is 0 Å². The predicted octanol–water partition coefficient (Wildman–Crippen LogP) is 3.91. The second-order valence-electron chi connectivity index (χ2n) is 7.52. The molecular formula is C17H36N2. The normalized spacial score (nSPS) is 19.6. The Morgan fingerprint density at radius 2 is 1.68 bits per heavy atom. The van der Waals surface area contributed by atoms with Gasteiger partial charge in [0.2, 0.25) is 0 Å². The molecule has 0 aliphatic heterocycles. The average molecular weight is 268 g/mol. The first kappa shape index (κ1) is 17.0. The smallest absolute Gasteiger partial charge is 0.00471 e. The van der Waals surface area contributed by atoms with Gasteiger partial charge in [-0.1, -0.05) is 47.0 Å². The first-order valence-corrected chi connectivity index (χ1v) is 8.35. The Morgan fingerprint density at radius 1 is 1.05 bits per heavy atom. The van der Waals surface area contributed by atoms with E-state index in [1.54, 1.807) is 0 Å². The Kier molecular flexibility index (Phi) is 7.38. The van der Waals surface area contributed by atoms with Gasteiger partial charge in [-0.2, -0.15) is 0 Å². The van der Waals surface area contributed by atoms with Crippen LogP contribution >= 0.6 is 0 Å². The fourth-order valence-corrected chi connectivity index (χ4v) is 3.24. The van der Waals surface area contributed by atoms with Crippen molar-refractivity contribution in [3.8, 4) is 0 Å². The van der Waals surface area contributed by atoms with Gasteiger partial charge in [0.25, 0.3) is 0 Å². The van der Waals surface area contributed by atoms with Gasteiger partial charge < -0.3 is 10.2 Å². The zero-order chi connectivity index (χ0) is 14.3. The molecule has 1 aliphatic carbocycles. The monoisotopic (exact) mass is 268 g/mol. The molecule has 0 saturated heterocycles. The van der Waals surface area contributed by atoms with Crippen molar-refractivity contribution in [3.63, 3.8) is 0 Å². The molecule has 2 heteroatoms. The van der Waals surface area contributed by atoms with Crippen LogP contribution < -0.4 is 5.32 Å². The second kappa shape index (κ2) is 8.26. The van der Waals surface area contributed by atoms with Gasteiger partial charge >= 0.3 is 0 Å². The third kappa shape index (κ3) is 6.76. The summed E-state index contributed by atoms with van der Waals surface area (Å²) in [5.74, 6) is 0.818. The molecule has 1 fully saturated rings. The van der Waals surface area contributed by atoms with E-state index in [1.165, 1.54) is 58.2 Å². The Morgan fingerprint density at radius 3 is 2.21 bits per heavy atom. The predicted molar refractivity (Wildman–Crippen MR) is 85.6 cm³/mol. The highest BCUT2D eigenvalue weighted by atomic mass is 15.1. The third-order valence-corrected chi connectivity index (χ3v) is 4.49. The minimum Gasteiger partial charge on any atom is -0.314 e. The summed E-state index contributed by atoms with van der Waals surface area (Å²) < 4.78 is 0. The van der Waals surface area contributed by atoms with E-state index in [-0.39, 0.29) is 0 Å². The first-order chi connectivity index (χ1) is 8.93. The molecule has 0 aromatic rings. The molecule has 19 heavy (non-hydrogen) atoms. The molecule has 0 heterocycles. The summed E-state index contributed by atoms with van der Waals surface area (Å²) in [5, 5.41) is 3.70.